The zero-order valence-corrected chi connectivity index (χ0v) is 18.2. The minimum Gasteiger partial charge on any atom is -0.475 e. The Balaban J connectivity index is 1.76. The first-order valence-corrected chi connectivity index (χ1v) is 10.2. The van der Waals surface area contributed by atoms with Crippen LogP contribution >= 0.6 is 0 Å². The molecule has 3 heterocycles. The maximum absolute atomic E-state index is 6.20. The van der Waals surface area contributed by atoms with E-state index >= 15 is 0 Å². The van der Waals surface area contributed by atoms with Gasteiger partial charge in [0.05, 0.1) is 12.1 Å². The zero-order chi connectivity index (χ0) is 20.8. The summed E-state index contributed by atoms with van der Waals surface area (Å²) in [6, 6.07) is 8.41. The van der Waals surface area contributed by atoms with Crippen LogP contribution in [0.5, 0.6) is 0 Å². The van der Waals surface area contributed by atoms with Gasteiger partial charge in [0.2, 0.25) is 11.8 Å². The second-order valence-corrected chi connectivity index (χ2v) is 9.99. The molecule has 0 radical (unpaired) electrons. The number of ether oxygens (including phenoxy) is 2. The third-order valence-corrected chi connectivity index (χ3v) is 5.53. The summed E-state index contributed by atoms with van der Waals surface area (Å²) in [6.07, 6.45) is 3.78. The summed E-state index contributed by atoms with van der Waals surface area (Å²) in [7, 11) is 0. The van der Waals surface area contributed by atoms with E-state index in [1.165, 1.54) is 0 Å². The topological polar surface area (TPSA) is 56.3 Å². The number of nitrogens with zero attached hydrogens (tertiary/aromatic N) is 2. The third kappa shape index (κ3) is 4.09. The Morgan fingerprint density at radius 2 is 1.17 bits per heavy atom. The molecule has 154 valence electrons. The van der Waals surface area contributed by atoms with Crippen molar-refractivity contribution in [2.24, 2.45) is 20.8 Å². The molecular weight excluding hydrogens is 364 g/mol. The molecule has 0 bridgehead atoms. The molecule has 5 nitrogen and oxygen atoms in total. The molecule has 0 saturated carbocycles. The van der Waals surface area contributed by atoms with E-state index in [2.05, 4.69) is 41.5 Å². The Morgan fingerprint density at radius 3 is 1.52 bits per heavy atom. The van der Waals surface area contributed by atoms with Crippen molar-refractivity contribution in [2.45, 2.75) is 53.6 Å². The SMILES string of the molecule is CC(C)(C)[C@H]1COC(/C=c2\o/c(=C\C3=N[C@@H](C(C)(C)C)CO3)c3ccccc23)=N1. The lowest BCUT2D eigenvalue weighted by atomic mass is 9.88. The molecule has 1 aromatic heterocycles. The van der Waals surface area contributed by atoms with Crippen molar-refractivity contribution in [3.05, 3.63) is 35.1 Å². The van der Waals surface area contributed by atoms with Crippen LogP contribution < -0.4 is 10.8 Å². The lowest BCUT2D eigenvalue weighted by Gasteiger charge is -2.21. The van der Waals surface area contributed by atoms with Crippen molar-refractivity contribution in [1.29, 1.82) is 0 Å². The predicted molar refractivity (Wildman–Crippen MR) is 118 cm³/mol. The van der Waals surface area contributed by atoms with Gasteiger partial charge in [-0.3, -0.25) is 0 Å². The quantitative estimate of drug-likeness (QED) is 0.781. The van der Waals surface area contributed by atoms with Crippen LogP contribution in [0.25, 0.3) is 22.9 Å². The van der Waals surface area contributed by atoms with E-state index in [0.717, 1.165) is 21.6 Å². The molecule has 0 N–H and O–H groups in total. The third-order valence-electron chi connectivity index (χ3n) is 5.53. The second kappa shape index (κ2) is 7.05. The molecule has 29 heavy (non-hydrogen) atoms. The van der Waals surface area contributed by atoms with Crippen LogP contribution in [-0.2, 0) is 9.47 Å². The Hall–Kier alpha value is -2.56. The smallest absolute Gasteiger partial charge is 0.212 e. The van der Waals surface area contributed by atoms with E-state index < -0.39 is 0 Å². The molecule has 0 aliphatic carbocycles. The van der Waals surface area contributed by atoms with E-state index in [1.807, 2.05) is 36.4 Å². The van der Waals surface area contributed by atoms with Crippen LogP contribution in [0, 0.1) is 10.8 Å². The highest BCUT2D eigenvalue weighted by atomic mass is 16.5. The molecule has 1 aromatic carbocycles. The summed E-state index contributed by atoms with van der Waals surface area (Å²) in [4.78, 5) is 9.46. The highest BCUT2D eigenvalue weighted by Crippen LogP contribution is 2.27. The van der Waals surface area contributed by atoms with Gasteiger partial charge < -0.3 is 13.9 Å². The number of benzene rings is 1. The monoisotopic (exact) mass is 394 g/mol. The summed E-state index contributed by atoms with van der Waals surface area (Å²) in [6.45, 7) is 14.3. The van der Waals surface area contributed by atoms with Crippen LogP contribution in [0.4, 0.5) is 0 Å². The number of furan rings is 1. The van der Waals surface area contributed by atoms with Gasteiger partial charge in [-0.1, -0.05) is 65.8 Å². The van der Waals surface area contributed by atoms with Crippen molar-refractivity contribution < 1.29 is 13.9 Å². The van der Waals surface area contributed by atoms with Gasteiger partial charge >= 0.3 is 0 Å². The summed E-state index contributed by atoms with van der Waals surface area (Å²) >= 11 is 0. The van der Waals surface area contributed by atoms with Gasteiger partial charge in [0.1, 0.15) is 24.0 Å². The van der Waals surface area contributed by atoms with Gasteiger partial charge in [-0.05, 0) is 10.8 Å². The minimum atomic E-state index is 0.0707. The summed E-state index contributed by atoms with van der Waals surface area (Å²) < 4.78 is 17.8. The molecule has 0 fully saturated rings. The van der Waals surface area contributed by atoms with Crippen LogP contribution in [-0.4, -0.2) is 37.1 Å². The lowest BCUT2D eigenvalue weighted by molar-refractivity contribution is 0.237. The molecule has 0 amide bonds. The molecule has 2 aromatic rings. The molecule has 0 saturated heterocycles. The number of rotatable bonds is 2. The van der Waals surface area contributed by atoms with E-state index in [1.54, 1.807) is 0 Å². The number of aliphatic imine (C=N–C) groups is 2. The van der Waals surface area contributed by atoms with Gasteiger partial charge in [0, 0.05) is 22.9 Å². The Morgan fingerprint density at radius 1 is 0.759 bits per heavy atom. The first-order valence-electron chi connectivity index (χ1n) is 10.2. The van der Waals surface area contributed by atoms with Crippen molar-refractivity contribution in [2.75, 3.05) is 13.2 Å². The Labute approximate surface area is 171 Å². The highest BCUT2D eigenvalue weighted by molar-refractivity contribution is 6.08. The second-order valence-electron chi connectivity index (χ2n) is 9.99. The largest absolute Gasteiger partial charge is 0.475 e. The van der Waals surface area contributed by atoms with E-state index in [0.29, 0.717) is 25.0 Å². The normalized spacial score (nSPS) is 23.9. The van der Waals surface area contributed by atoms with Gasteiger partial charge in [-0.2, -0.15) is 0 Å². The van der Waals surface area contributed by atoms with Crippen molar-refractivity contribution in [3.63, 3.8) is 0 Å². The maximum Gasteiger partial charge on any atom is 0.212 e. The van der Waals surface area contributed by atoms with E-state index in [9.17, 15) is 0 Å². The lowest BCUT2D eigenvalue weighted by Crippen LogP contribution is -2.25. The Kier molecular flexibility index (Phi) is 4.80. The molecule has 2 atom stereocenters. The standard InChI is InChI=1S/C24H30N2O3/c1-23(2,3)19-13-27-21(25-19)11-17-15-9-7-8-10-16(15)18(29-17)12-22-26-20(14-28-22)24(4,5)6/h7-12,19-20H,13-14H2,1-6H3/b17-11-,18-12-/t19-,20-/m1/s1. The van der Waals surface area contributed by atoms with Gasteiger partial charge in [0.15, 0.2) is 0 Å². The predicted octanol–water partition coefficient (Wildman–Crippen LogP) is 3.68. The fourth-order valence-corrected chi connectivity index (χ4v) is 3.41. The van der Waals surface area contributed by atoms with Crippen LogP contribution in [0.3, 0.4) is 0 Å². The average molecular weight is 395 g/mol. The zero-order valence-electron chi connectivity index (χ0n) is 18.2. The van der Waals surface area contributed by atoms with Crippen LogP contribution in [0.1, 0.15) is 41.5 Å². The molecule has 0 unspecified atom stereocenters. The van der Waals surface area contributed by atoms with Crippen molar-refractivity contribution in [1.82, 2.24) is 0 Å². The van der Waals surface area contributed by atoms with E-state index in [-0.39, 0.29) is 22.9 Å². The first-order chi connectivity index (χ1) is 13.6. The van der Waals surface area contributed by atoms with Crippen LogP contribution in [0.15, 0.2) is 38.7 Å². The van der Waals surface area contributed by atoms with Crippen molar-refractivity contribution in [3.8, 4) is 0 Å². The van der Waals surface area contributed by atoms with Gasteiger partial charge in [0.25, 0.3) is 0 Å². The molecule has 2 aliphatic heterocycles. The number of hydrogen-bond donors (Lipinski definition) is 0. The number of hydrogen-bond acceptors (Lipinski definition) is 5. The molecule has 0 spiro atoms. The average Bonchev–Trinajstić information content (AvgIpc) is 3.35. The number of fused-ring (bicyclic) bond motifs is 1. The van der Waals surface area contributed by atoms with Crippen molar-refractivity contribution >= 4 is 34.7 Å². The molecule has 2 aliphatic rings. The fraction of sp³-hybridized carbons (Fsp3) is 0.500. The first kappa shape index (κ1) is 19.7. The van der Waals surface area contributed by atoms with E-state index in [4.69, 9.17) is 23.9 Å². The minimum absolute atomic E-state index is 0.0707. The maximum atomic E-state index is 6.20. The molecule has 5 heteroatoms. The fourth-order valence-electron chi connectivity index (χ4n) is 3.41. The summed E-state index contributed by atoms with van der Waals surface area (Å²) in [5.41, 5.74) is 1.63. The molecular formula is C24H30N2O3. The van der Waals surface area contributed by atoms with Crippen LogP contribution in [0.2, 0.25) is 0 Å². The summed E-state index contributed by atoms with van der Waals surface area (Å²) in [5, 5.41) is 2.05. The molecule has 4 rings (SSSR count). The summed E-state index contributed by atoms with van der Waals surface area (Å²) in [5.74, 6) is 1.25. The highest BCUT2D eigenvalue weighted by Gasteiger charge is 2.30. The Bertz CT molecular complexity index is 1010. The van der Waals surface area contributed by atoms with Gasteiger partial charge in [-0.25, -0.2) is 9.98 Å². The van der Waals surface area contributed by atoms with Gasteiger partial charge in [-0.15, -0.1) is 0 Å².